The van der Waals surface area contributed by atoms with Crippen molar-refractivity contribution < 1.29 is 29.7 Å². The van der Waals surface area contributed by atoms with Crippen LogP contribution in [-0.4, -0.2) is 95.5 Å². The number of aromatic carboxylic acids is 1. The molecule has 1 aliphatic carbocycles. The summed E-state index contributed by atoms with van der Waals surface area (Å²) in [7, 11) is 0. The Morgan fingerprint density at radius 2 is 1.50 bits per heavy atom. The lowest BCUT2D eigenvalue weighted by atomic mass is 9.69. The van der Waals surface area contributed by atoms with Gasteiger partial charge >= 0.3 is 5.97 Å². The highest BCUT2D eigenvalue weighted by molar-refractivity contribution is 6.00. The maximum atomic E-state index is 12.2. The first-order valence-electron chi connectivity index (χ1n) is 20.0. The topological polar surface area (TPSA) is 146 Å². The van der Waals surface area contributed by atoms with Crippen LogP contribution < -0.4 is 20.4 Å². The van der Waals surface area contributed by atoms with E-state index in [1.165, 1.54) is 27.9 Å². The van der Waals surface area contributed by atoms with E-state index in [0.29, 0.717) is 56.1 Å². The van der Waals surface area contributed by atoms with Gasteiger partial charge in [0.15, 0.2) is 0 Å². The molecule has 2 amide bonds. The molecule has 3 fully saturated rings. The van der Waals surface area contributed by atoms with Crippen LogP contribution in [0.15, 0.2) is 91.0 Å². The molecule has 0 saturated carbocycles. The summed E-state index contributed by atoms with van der Waals surface area (Å²) >= 11 is 0. The average Bonchev–Trinajstić information content (AvgIpc) is 3.21. The number of hydrogen-bond donors (Lipinski definition) is 5. The first kappa shape index (κ1) is 37.7. The minimum Gasteiger partial charge on any atom is -0.508 e. The van der Waals surface area contributed by atoms with E-state index in [1.54, 1.807) is 6.07 Å². The zero-order valence-electron chi connectivity index (χ0n) is 31.7. The molecule has 8 rings (SSSR count). The minimum absolute atomic E-state index is 0.172. The Morgan fingerprint density at radius 3 is 2.21 bits per heavy atom. The molecule has 3 atom stereocenters. The third-order valence-electron chi connectivity index (χ3n) is 12.5. The molecule has 4 aliphatic rings. The quantitative estimate of drug-likeness (QED) is 0.140. The van der Waals surface area contributed by atoms with Crippen molar-refractivity contribution in [3.05, 3.63) is 124 Å². The van der Waals surface area contributed by atoms with E-state index < -0.39 is 17.6 Å². The van der Waals surface area contributed by atoms with Crippen molar-refractivity contribution in [2.45, 2.75) is 68.5 Å². The number of aromatic hydroxyl groups is 1. The number of nitrogens with zero attached hydrogens (tertiary/aromatic N) is 3. The number of anilines is 2. The van der Waals surface area contributed by atoms with Crippen LogP contribution >= 0.6 is 0 Å². The van der Waals surface area contributed by atoms with Gasteiger partial charge in [-0.05, 0) is 108 Å². The van der Waals surface area contributed by atoms with Crippen LogP contribution in [0.2, 0.25) is 0 Å². The highest BCUT2D eigenvalue weighted by atomic mass is 16.4. The van der Waals surface area contributed by atoms with E-state index in [2.05, 4.69) is 86.0 Å². The molecule has 292 valence electrons. The van der Waals surface area contributed by atoms with Crippen LogP contribution in [0.25, 0.3) is 0 Å². The second-order valence-corrected chi connectivity index (χ2v) is 16.0. The number of imide groups is 1. The van der Waals surface area contributed by atoms with Gasteiger partial charge in [-0.2, -0.15) is 0 Å². The van der Waals surface area contributed by atoms with Gasteiger partial charge < -0.3 is 30.4 Å². The van der Waals surface area contributed by atoms with Crippen LogP contribution in [0.4, 0.5) is 11.4 Å². The van der Waals surface area contributed by atoms with Crippen LogP contribution in [0.1, 0.15) is 82.1 Å². The normalized spacial score (nSPS) is 22.7. The number of aryl methyl sites for hydroxylation is 1. The smallest absolute Gasteiger partial charge is 0.336 e. The van der Waals surface area contributed by atoms with Crippen LogP contribution in [0.5, 0.6) is 5.75 Å². The van der Waals surface area contributed by atoms with Crippen molar-refractivity contribution in [1.29, 1.82) is 0 Å². The monoisotopic (exact) mass is 757 g/mol. The number of carbonyl (C=O) groups excluding carboxylic acids is 2. The van der Waals surface area contributed by atoms with Crippen molar-refractivity contribution in [3.63, 3.8) is 0 Å². The summed E-state index contributed by atoms with van der Waals surface area (Å²) in [5.74, 6) is -0.809. The first-order valence-corrected chi connectivity index (χ1v) is 20.0. The minimum atomic E-state index is -1.04. The molecule has 0 radical (unpaired) electrons. The molecule has 11 nitrogen and oxygen atoms in total. The van der Waals surface area contributed by atoms with E-state index in [4.69, 9.17) is 0 Å². The van der Waals surface area contributed by atoms with Crippen molar-refractivity contribution in [1.82, 2.24) is 15.5 Å². The van der Waals surface area contributed by atoms with Gasteiger partial charge in [-0.1, -0.05) is 48.5 Å². The number of carboxylic acid groups (broad SMARTS) is 1. The molecule has 5 N–H and O–H groups in total. The molecule has 0 bridgehead atoms. The number of carboxylic acids is 1. The zero-order chi connectivity index (χ0) is 38.8. The Morgan fingerprint density at radius 1 is 0.786 bits per heavy atom. The fourth-order valence-corrected chi connectivity index (χ4v) is 9.34. The molecule has 0 aromatic heterocycles. The number of nitrogens with one attached hydrogen (secondary N) is 2. The molecular formula is C45H51N5O6. The van der Waals surface area contributed by atoms with Gasteiger partial charge in [-0.3, -0.25) is 19.8 Å². The summed E-state index contributed by atoms with van der Waals surface area (Å²) in [6.45, 7) is 5.58. The zero-order valence-corrected chi connectivity index (χ0v) is 31.7. The lowest BCUT2D eigenvalue weighted by Crippen LogP contribution is -2.55. The third kappa shape index (κ3) is 8.16. The lowest BCUT2D eigenvalue weighted by molar-refractivity contribution is -0.134. The highest BCUT2D eigenvalue weighted by Crippen LogP contribution is 2.47. The number of phenolic OH excluding ortho intramolecular Hbond substituents is 1. The summed E-state index contributed by atoms with van der Waals surface area (Å²) in [4.78, 5) is 42.8. The Labute approximate surface area is 327 Å². The average molecular weight is 758 g/mol. The molecule has 56 heavy (non-hydrogen) atoms. The molecule has 4 aromatic rings. The standard InChI is InChI=1S/C45H51N5O6/c51-36-12-15-38-32(27-36)8-13-37(30-4-2-1-3-5-30)42(38)31-6-9-34(10-7-31)50-24-22-48(23-25-50)29-45(56)18-20-49(21-19-45)35-11-14-39(44(54)55)33(26-35)28-46-40-16-17-41(52)47-43(40)53/h1-7,9-12,14-15,26-27,37,40,42,46,51,56H,8,13,16-25,28-29H2,(H,54,55)(H,47,52,53). The van der Waals surface area contributed by atoms with Gasteiger partial charge in [-0.15, -0.1) is 0 Å². The molecule has 3 heterocycles. The second kappa shape index (κ2) is 16.1. The van der Waals surface area contributed by atoms with E-state index in [9.17, 15) is 29.7 Å². The lowest BCUT2D eigenvalue weighted by Gasteiger charge is -2.44. The van der Waals surface area contributed by atoms with Crippen molar-refractivity contribution >= 4 is 29.2 Å². The van der Waals surface area contributed by atoms with E-state index in [-0.39, 0.29) is 36.3 Å². The highest BCUT2D eigenvalue weighted by Gasteiger charge is 2.36. The van der Waals surface area contributed by atoms with Gasteiger partial charge in [0.1, 0.15) is 5.75 Å². The predicted octanol–water partition coefficient (Wildman–Crippen LogP) is 5.00. The van der Waals surface area contributed by atoms with Gasteiger partial charge in [0, 0.05) is 76.1 Å². The number of fused-ring (bicyclic) bond motifs is 1. The number of β-amino-alcohol motifs (C(OH)–C–C–N with tert-alkyl or cyclic N) is 1. The van der Waals surface area contributed by atoms with E-state index in [0.717, 1.165) is 44.7 Å². The number of piperazine rings is 1. The molecular weight excluding hydrogens is 707 g/mol. The number of rotatable bonds is 10. The van der Waals surface area contributed by atoms with E-state index in [1.807, 2.05) is 24.3 Å². The largest absolute Gasteiger partial charge is 0.508 e. The predicted molar refractivity (Wildman–Crippen MR) is 215 cm³/mol. The van der Waals surface area contributed by atoms with Crippen LogP contribution in [0, 0.1) is 0 Å². The Balaban J connectivity index is 0.861. The van der Waals surface area contributed by atoms with Gasteiger partial charge in [0.2, 0.25) is 11.8 Å². The Kier molecular flexibility index (Phi) is 10.8. The molecule has 3 unspecified atom stereocenters. The Bertz CT molecular complexity index is 2060. The summed E-state index contributed by atoms with van der Waals surface area (Å²) in [6, 6.07) is 30.5. The number of phenols is 1. The number of aliphatic hydroxyl groups is 1. The Hall–Kier alpha value is -5.23. The molecule has 11 heteroatoms. The molecule has 0 spiro atoms. The number of benzene rings is 4. The summed E-state index contributed by atoms with van der Waals surface area (Å²) in [6.07, 6.45) is 3.81. The summed E-state index contributed by atoms with van der Waals surface area (Å²) in [5.41, 5.74) is 7.21. The maximum absolute atomic E-state index is 12.2. The summed E-state index contributed by atoms with van der Waals surface area (Å²) < 4.78 is 0. The fourth-order valence-electron chi connectivity index (χ4n) is 9.34. The van der Waals surface area contributed by atoms with Crippen LogP contribution in [0.3, 0.4) is 0 Å². The number of piperidine rings is 2. The fraction of sp³-hybridized carbons (Fsp3) is 0.400. The van der Waals surface area contributed by atoms with Crippen LogP contribution in [-0.2, 0) is 22.6 Å². The molecule has 4 aromatic carbocycles. The van der Waals surface area contributed by atoms with Crippen molar-refractivity contribution in [2.75, 3.05) is 55.6 Å². The second-order valence-electron chi connectivity index (χ2n) is 16.0. The summed E-state index contributed by atoms with van der Waals surface area (Å²) in [5, 5.41) is 37.2. The van der Waals surface area contributed by atoms with Crippen molar-refractivity contribution in [2.24, 2.45) is 0 Å². The maximum Gasteiger partial charge on any atom is 0.336 e. The van der Waals surface area contributed by atoms with Crippen molar-refractivity contribution in [3.8, 4) is 5.75 Å². The SMILES string of the molecule is O=C1CCC(NCc2cc(N3CCC(O)(CN4CCN(c5ccc(C6c7ccc(O)cc7CCC6c6ccccc6)cc5)CC4)CC3)ccc2C(=O)O)C(=O)N1. The molecule has 3 saturated heterocycles. The first-order chi connectivity index (χ1) is 27.1. The third-order valence-corrected chi connectivity index (χ3v) is 12.5. The number of amides is 2. The van der Waals surface area contributed by atoms with Gasteiger partial charge in [0.25, 0.3) is 0 Å². The van der Waals surface area contributed by atoms with Gasteiger partial charge in [0.05, 0.1) is 17.2 Å². The van der Waals surface area contributed by atoms with Gasteiger partial charge in [-0.25, -0.2) is 4.79 Å². The number of hydrogen-bond acceptors (Lipinski definition) is 9. The molecule has 3 aliphatic heterocycles. The number of carbonyl (C=O) groups is 3. The van der Waals surface area contributed by atoms with E-state index >= 15 is 0 Å².